The lowest BCUT2D eigenvalue weighted by Gasteiger charge is -2.37. The Balaban J connectivity index is 1.50. The van der Waals surface area contributed by atoms with Crippen LogP contribution in [0.3, 0.4) is 0 Å². The Morgan fingerprint density at radius 3 is 2.21 bits per heavy atom. The van der Waals surface area contributed by atoms with E-state index in [1.54, 1.807) is 11.9 Å². The summed E-state index contributed by atoms with van der Waals surface area (Å²) in [5.41, 5.74) is 5.95. The van der Waals surface area contributed by atoms with E-state index in [9.17, 15) is 28.8 Å². The molecule has 1 heterocycles. The summed E-state index contributed by atoms with van der Waals surface area (Å²) in [5.74, 6) is -4.10. The SMILES string of the molecule is CCC(C)(C)C(NC(=O)NC(C(=O)N1CCCC1C(=O)NC(PC1CC1)C(=O)C(N)=O)C1CCCCC1)C(=O)N(C)Cc1ccccc1. The van der Waals surface area contributed by atoms with Crippen molar-refractivity contribution in [3.05, 3.63) is 35.9 Å². The van der Waals surface area contributed by atoms with Crippen LogP contribution in [0.15, 0.2) is 30.3 Å². The van der Waals surface area contributed by atoms with Gasteiger partial charge in [0, 0.05) is 20.1 Å². The second kappa shape index (κ2) is 16.7. The molecule has 3 fully saturated rings. The van der Waals surface area contributed by atoms with Crippen molar-refractivity contribution >= 4 is 44.0 Å². The highest BCUT2D eigenvalue weighted by Gasteiger charge is 2.43. The monoisotopic (exact) mass is 684 g/mol. The first kappa shape index (κ1) is 37.3. The first-order valence-electron chi connectivity index (χ1n) is 17.4. The molecule has 0 bridgehead atoms. The van der Waals surface area contributed by atoms with Gasteiger partial charge in [-0.1, -0.05) is 78.9 Å². The molecule has 12 nitrogen and oxygen atoms in total. The summed E-state index contributed by atoms with van der Waals surface area (Å²) in [4.78, 5) is 82.7. The number of likely N-dealkylation sites (N-methyl/N-ethyl adjacent to an activating group) is 1. The number of carbonyl (C=O) groups is 6. The van der Waals surface area contributed by atoms with E-state index in [-0.39, 0.29) is 32.0 Å². The average molecular weight is 685 g/mol. The molecule has 6 amide bonds. The largest absolute Gasteiger partial charge is 0.363 e. The minimum Gasteiger partial charge on any atom is -0.363 e. The Morgan fingerprint density at radius 1 is 0.938 bits per heavy atom. The summed E-state index contributed by atoms with van der Waals surface area (Å²) in [7, 11) is 1.77. The summed E-state index contributed by atoms with van der Waals surface area (Å²) in [6.07, 6.45) is 7.89. The lowest BCUT2D eigenvalue weighted by atomic mass is 9.81. The molecule has 5 unspecified atom stereocenters. The van der Waals surface area contributed by atoms with Gasteiger partial charge in [-0.05, 0) is 67.5 Å². The van der Waals surface area contributed by atoms with Gasteiger partial charge in [0.15, 0.2) is 0 Å². The van der Waals surface area contributed by atoms with E-state index in [0.29, 0.717) is 32.4 Å². The summed E-state index contributed by atoms with van der Waals surface area (Å²) in [5, 5.41) is 8.60. The Kier molecular flexibility index (Phi) is 13.0. The molecule has 48 heavy (non-hydrogen) atoms. The molecule has 1 aliphatic heterocycles. The number of Topliss-reactive ketones (excluding diaryl/α,β-unsaturated/α-hetero) is 1. The minimum absolute atomic E-state index is 0.0522. The third-order valence-electron chi connectivity index (χ3n) is 10.1. The topological polar surface area (TPSA) is 171 Å². The van der Waals surface area contributed by atoms with Gasteiger partial charge < -0.3 is 31.5 Å². The summed E-state index contributed by atoms with van der Waals surface area (Å²) in [6.45, 7) is 6.55. The molecule has 13 heteroatoms. The number of rotatable bonds is 15. The number of nitrogens with two attached hydrogens (primary N) is 1. The normalized spacial score (nSPS) is 20.5. The van der Waals surface area contributed by atoms with Gasteiger partial charge in [-0.15, -0.1) is 0 Å². The number of hydrogen-bond donors (Lipinski definition) is 4. The molecule has 0 radical (unpaired) electrons. The predicted molar refractivity (Wildman–Crippen MR) is 185 cm³/mol. The van der Waals surface area contributed by atoms with Crippen molar-refractivity contribution in [1.29, 1.82) is 0 Å². The third-order valence-corrected chi connectivity index (χ3v) is 11.9. The fourth-order valence-electron chi connectivity index (χ4n) is 6.64. The Labute approximate surface area is 285 Å². The minimum atomic E-state index is -1.09. The van der Waals surface area contributed by atoms with Crippen LogP contribution < -0.4 is 21.7 Å². The molecule has 5 N–H and O–H groups in total. The number of amides is 6. The Hall–Kier alpha value is -3.53. The zero-order valence-corrected chi connectivity index (χ0v) is 29.8. The van der Waals surface area contributed by atoms with Gasteiger partial charge in [0.25, 0.3) is 5.91 Å². The van der Waals surface area contributed by atoms with Gasteiger partial charge in [0.2, 0.25) is 23.5 Å². The van der Waals surface area contributed by atoms with Gasteiger partial charge >= 0.3 is 6.03 Å². The number of benzene rings is 1. The van der Waals surface area contributed by atoms with Gasteiger partial charge in [0.05, 0.1) is 0 Å². The predicted octanol–water partition coefficient (Wildman–Crippen LogP) is 3.03. The van der Waals surface area contributed by atoms with E-state index < -0.39 is 53.0 Å². The number of likely N-dealkylation sites (tertiary alicyclic amines) is 1. The molecule has 4 rings (SSSR count). The van der Waals surface area contributed by atoms with Crippen LogP contribution in [0.5, 0.6) is 0 Å². The van der Waals surface area contributed by atoms with Crippen molar-refractivity contribution in [2.75, 3.05) is 13.6 Å². The quantitative estimate of drug-likeness (QED) is 0.163. The molecule has 1 aromatic rings. The molecule has 0 aromatic heterocycles. The highest BCUT2D eigenvalue weighted by atomic mass is 31.1. The zero-order chi connectivity index (χ0) is 35.0. The fourth-order valence-corrected chi connectivity index (χ4v) is 8.14. The second-order valence-corrected chi connectivity index (χ2v) is 16.0. The average Bonchev–Trinajstić information content (AvgIpc) is 3.76. The highest BCUT2D eigenvalue weighted by Crippen LogP contribution is 2.42. The van der Waals surface area contributed by atoms with Crippen molar-refractivity contribution in [3.8, 4) is 0 Å². The molecule has 0 spiro atoms. The van der Waals surface area contributed by atoms with Crippen LogP contribution in [0.4, 0.5) is 4.79 Å². The molecule has 1 saturated heterocycles. The van der Waals surface area contributed by atoms with Crippen LogP contribution in [0.2, 0.25) is 0 Å². The second-order valence-electron chi connectivity index (χ2n) is 14.2. The van der Waals surface area contributed by atoms with Gasteiger partial charge in [0.1, 0.15) is 23.9 Å². The van der Waals surface area contributed by atoms with Crippen LogP contribution in [0, 0.1) is 11.3 Å². The van der Waals surface area contributed by atoms with E-state index in [0.717, 1.165) is 50.5 Å². The Bertz CT molecular complexity index is 1330. The summed E-state index contributed by atoms with van der Waals surface area (Å²) >= 11 is 0. The standard InChI is InChI=1S/C35H53N6O6P/c1-5-35(2,3)28(33(46)40(4)21-22-13-8-6-9-14-22)38-34(47)37-26(23-15-10-7-11-16-23)32(45)41-20-12-17-25(41)30(44)39-31(27(42)29(36)43)48-24-18-19-24/h6,8-9,13-14,23-26,28,31,48H,5,7,10-12,15-21H2,1-4H3,(H2,36,43)(H,39,44)(H2,37,38,47). The van der Waals surface area contributed by atoms with Crippen LogP contribution >= 0.6 is 8.58 Å². The van der Waals surface area contributed by atoms with Gasteiger partial charge in [-0.2, -0.15) is 0 Å². The van der Waals surface area contributed by atoms with E-state index >= 15 is 0 Å². The number of ketones is 1. The number of carbonyl (C=O) groups excluding carboxylic acids is 6. The maximum absolute atomic E-state index is 14.3. The van der Waals surface area contributed by atoms with Gasteiger partial charge in [-0.3, -0.25) is 24.0 Å². The van der Waals surface area contributed by atoms with E-state index in [2.05, 4.69) is 16.0 Å². The first-order valence-corrected chi connectivity index (χ1v) is 18.5. The van der Waals surface area contributed by atoms with Crippen molar-refractivity contribution in [2.24, 2.45) is 17.1 Å². The van der Waals surface area contributed by atoms with Crippen LogP contribution in [0.25, 0.3) is 0 Å². The van der Waals surface area contributed by atoms with Crippen molar-refractivity contribution in [3.63, 3.8) is 0 Å². The van der Waals surface area contributed by atoms with Crippen molar-refractivity contribution in [2.45, 2.75) is 121 Å². The molecule has 2 aliphatic carbocycles. The molecule has 264 valence electrons. The first-order chi connectivity index (χ1) is 22.8. The van der Waals surface area contributed by atoms with E-state index in [1.807, 2.05) is 51.1 Å². The zero-order valence-electron chi connectivity index (χ0n) is 28.8. The smallest absolute Gasteiger partial charge is 0.316 e. The molecule has 3 aliphatic rings. The van der Waals surface area contributed by atoms with Crippen LogP contribution in [-0.2, 0) is 30.5 Å². The molecule has 2 saturated carbocycles. The molecule has 5 atom stereocenters. The number of urea groups is 1. The van der Waals surface area contributed by atoms with Gasteiger partial charge in [-0.25, -0.2) is 4.79 Å². The number of nitrogens with zero attached hydrogens (tertiary/aromatic N) is 2. The number of nitrogens with one attached hydrogen (secondary N) is 3. The van der Waals surface area contributed by atoms with Crippen molar-refractivity contribution < 1.29 is 28.8 Å². The number of hydrogen-bond acceptors (Lipinski definition) is 6. The summed E-state index contributed by atoms with van der Waals surface area (Å²) < 4.78 is 0. The molecular formula is C35H53N6O6P. The maximum Gasteiger partial charge on any atom is 0.316 e. The maximum atomic E-state index is 14.3. The van der Waals surface area contributed by atoms with Crippen LogP contribution in [0.1, 0.15) is 90.5 Å². The molecular weight excluding hydrogens is 631 g/mol. The molecule has 1 aromatic carbocycles. The van der Waals surface area contributed by atoms with E-state index in [1.165, 1.54) is 4.90 Å². The third kappa shape index (κ3) is 9.77. The Morgan fingerprint density at radius 2 is 1.60 bits per heavy atom. The summed E-state index contributed by atoms with van der Waals surface area (Å²) in [6, 6.07) is 6.45. The lowest BCUT2D eigenvalue weighted by Crippen LogP contribution is -2.61. The lowest BCUT2D eigenvalue weighted by molar-refractivity contribution is -0.142. The van der Waals surface area contributed by atoms with Crippen molar-refractivity contribution in [1.82, 2.24) is 25.8 Å². The fraction of sp³-hybridized carbons (Fsp3) is 0.657. The number of primary amides is 1. The van der Waals surface area contributed by atoms with Crippen LogP contribution in [-0.4, -0.2) is 88.4 Å². The highest BCUT2D eigenvalue weighted by molar-refractivity contribution is 7.41. The van der Waals surface area contributed by atoms with E-state index in [4.69, 9.17) is 5.73 Å².